The fourth-order valence-electron chi connectivity index (χ4n) is 4.64. The maximum absolute atomic E-state index is 13.1. The molecule has 0 unspecified atom stereocenters. The smallest absolute Gasteiger partial charge is 0.343 e. The quantitative estimate of drug-likeness (QED) is 0.117. The Morgan fingerprint density at radius 2 is 1.31 bits per heavy atom. The SMILES string of the molecule is COc1ccc(NC(=O)c2cccc(C(=O)Oc3cccc(C(C)C)c3)c2)cc1NC(=O)c1ccc(-c2ccc(O)cc2)cc1. The molecule has 5 aromatic carbocycles. The average Bonchev–Trinajstić information content (AvgIpc) is 3.05. The Labute approximate surface area is 261 Å². The number of benzene rings is 5. The molecule has 0 bridgehead atoms. The lowest BCUT2D eigenvalue weighted by molar-refractivity contribution is 0.0734. The molecule has 0 heterocycles. The Bertz CT molecular complexity index is 1850. The molecule has 0 spiro atoms. The third-order valence-electron chi connectivity index (χ3n) is 7.15. The van der Waals surface area contributed by atoms with Gasteiger partial charge in [-0.25, -0.2) is 4.79 Å². The van der Waals surface area contributed by atoms with E-state index in [4.69, 9.17) is 9.47 Å². The molecule has 0 aliphatic heterocycles. The molecular weight excluding hydrogens is 568 g/mol. The topological polar surface area (TPSA) is 114 Å². The number of anilines is 2. The summed E-state index contributed by atoms with van der Waals surface area (Å²) in [4.78, 5) is 39.1. The molecule has 5 aromatic rings. The van der Waals surface area contributed by atoms with E-state index >= 15 is 0 Å². The van der Waals surface area contributed by atoms with Crippen molar-refractivity contribution in [3.8, 4) is 28.4 Å². The number of ether oxygens (including phenoxy) is 2. The van der Waals surface area contributed by atoms with Gasteiger partial charge in [-0.2, -0.15) is 0 Å². The molecule has 5 rings (SSSR count). The average molecular weight is 601 g/mol. The lowest BCUT2D eigenvalue weighted by Crippen LogP contribution is -2.15. The zero-order valence-electron chi connectivity index (χ0n) is 25.0. The van der Waals surface area contributed by atoms with Crippen LogP contribution in [0.1, 0.15) is 56.4 Å². The van der Waals surface area contributed by atoms with Gasteiger partial charge in [-0.3, -0.25) is 9.59 Å². The van der Waals surface area contributed by atoms with Gasteiger partial charge in [-0.15, -0.1) is 0 Å². The second-order valence-corrected chi connectivity index (χ2v) is 10.6. The Morgan fingerprint density at radius 3 is 2.00 bits per heavy atom. The minimum absolute atomic E-state index is 0.180. The van der Waals surface area contributed by atoms with Crippen LogP contribution in [0.4, 0.5) is 11.4 Å². The molecule has 2 amide bonds. The molecule has 226 valence electrons. The molecule has 0 saturated heterocycles. The van der Waals surface area contributed by atoms with Crippen molar-refractivity contribution in [2.24, 2.45) is 0 Å². The van der Waals surface area contributed by atoms with Crippen molar-refractivity contribution in [1.82, 2.24) is 0 Å². The largest absolute Gasteiger partial charge is 0.508 e. The van der Waals surface area contributed by atoms with Crippen LogP contribution < -0.4 is 20.1 Å². The number of aromatic hydroxyl groups is 1. The molecule has 0 atom stereocenters. The highest BCUT2D eigenvalue weighted by molar-refractivity contribution is 6.08. The molecule has 0 aliphatic carbocycles. The Hall–Kier alpha value is -5.89. The number of hydrogen-bond acceptors (Lipinski definition) is 6. The van der Waals surface area contributed by atoms with Crippen molar-refractivity contribution in [3.05, 3.63) is 138 Å². The van der Waals surface area contributed by atoms with Gasteiger partial charge in [0.05, 0.1) is 18.4 Å². The fourth-order valence-corrected chi connectivity index (χ4v) is 4.64. The fraction of sp³-hybridized carbons (Fsp3) is 0.108. The normalized spacial score (nSPS) is 10.7. The molecule has 0 fully saturated rings. The van der Waals surface area contributed by atoms with E-state index in [1.54, 1.807) is 78.9 Å². The summed E-state index contributed by atoms with van der Waals surface area (Å²) in [6, 6.07) is 32.3. The predicted molar refractivity (Wildman–Crippen MR) is 174 cm³/mol. The summed E-state index contributed by atoms with van der Waals surface area (Å²) in [5.41, 5.74) is 4.55. The van der Waals surface area contributed by atoms with Gasteiger partial charge in [0.1, 0.15) is 17.2 Å². The first-order valence-electron chi connectivity index (χ1n) is 14.3. The van der Waals surface area contributed by atoms with Crippen LogP contribution in [0.2, 0.25) is 0 Å². The van der Waals surface area contributed by atoms with E-state index in [-0.39, 0.29) is 28.7 Å². The van der Waals surface area contributed by atoms with Crippen LogP contribution in [0.25, 0.3) is 11.1 Å². The summed E-state index contributed by atoms with van der Waals surface area (Å²) in [5.74, 6) is -0.0738. The summed E-state index contributed by atoms with van der Waals surface area (Å²) >= 11 is 0. The number of esters is 1. The number of carbonyl (C=O) groups excluding carboxylic acids is 3. The second kappa shape index (κ2) is 13.6. The van der Waals surface area contributed by atoms with Gasteiger partial charge < -0.3 is 25.2 Å². The minimum atomic E-state index is -0.573. The first kappa shape index (κ1) is 30.6. The van der Waals surface area contributed by atoms with Crippen molar-refractivity contribution in [2.75, 3.05) is 17.7 Å². The van der Waals surface area contributed by atoms with E-state index in [1.807, 2.05) is 30.3 Å². The highest BCUT2D eigenvalue weighted by atomic mass is 16.5. The van der Waals surface area contributed by atoms with Crippen molar-refractivity contribution in [3.63, 3.8) is 0 Å². The van der Waals surface area contributed by atoms with Crippen LogP contribution in [0.3, 0.4) is 0 Å². The van der Waals surface area contributed by atoms with Crippen molar-refractivity contribution >= 4 is 29.2 Å². The standard InChI is InChI=1S/C37H32N2O6/c1-23(2)27-6-5-9-32(21-27)45-37(43)29-8-4-7-28(20-29)36(42)38-30-16-19-34(44-3)33(22-30)39-35(41)26-12-10-24(11-13-26)25-14-17-31(40)18-15-25/h4-23,40H,1-3H3,(H,38,42)(H,39,41). The highest BCUT2D eigenvalue weighted by Crippen LogP contribution is 2.29. The maximum Gasteiger partial charge on any atom is 0.343 e. The van der Waals surface area contributed by atoms with E-state index in [2.05, 4.69) is 24.5 Å². The van der Waals surface area contributed by atoms with Crippen LogP contribution in [-0.4, -0.2) is 30.0 Å². The van der Waals surface area contributed by atoms with Gasteiger partial charge in [0.15, 0.2) is 0 Å². The molecule has 0 aromatic heterocycles. The molecular formula is C37H32N2O6. The molecule has 0 radical (unpaired) electrons. The number of phenols is 1. The van der Waals surface area contributed by atoms with Crippen LogP contribution in [0, 0.1) is 0 Å². The van der Waals surface area contributed by atoms with Crippen molar-refractivity contribution in [1.29, 1.82) is 0 Å². The number of carbonyl (C=O) groups is 3. The summed E-state index contributed by atoms with van der Waals surface area (Å²) in [6.07, 6.45) is 0. The molecule has 8 nitrogen and oxygen atoms in total. The number of hydrogen-bond donors (Lipinski definition) is 3. The van der Waals surface area contributed by atoms with E-state index in [9.17, 15) is 19.5 Å². The van der Waals surface area contributed by atoms with Crippen molar-refractivity contribution in [2.45, 2.75) is 19.8 Å². The molecule has 45 heavy (non-hydrogen) atoms. The molecule has 3 N–H and O–H groups in total. The van der Waals surface area contributed by atoms with Crippen LogP contribution in [0.15, 0.2) is 115 Å². The second-order valence-electron chi connectivity index (χ2n) is 10.6. The number of nitrogens with one attached hydrogen (secondary N) is 2. The number of amides is 2. The maximum atomic E-state index is 13.1. The van der Waals surface area contributed by atoms with Gasteiger partial charge in [-0.1, -0.05) is 56.3 Å². The van der Waals surface area contributed by atoms with Gasteiger partial charge in [-0.05, 0) is 95.4 Å². The third kappa shape index (κ3) is 7.55. The molecule has 0 aliphatic rings. The minimum Gasteiger partial charge on any atom is -0.508 e. The summed E-state index contributed by atoms with van der Waals surface area (Å²) in [5, 5.41) is 15.2. The predicted octanol–water partition coefficient (Wildman–Crippen LogP) is 7.92. The van der Waals surface area contributed by atoms with Gasteiger partial charge >= 0.3 is 5.97 Å². The molecule has 0 saturated carbocycles. The number of methoxy groups -OCH3 is 1. The molecule has 8 heteroatoms. The summed E-state index contributed by atoms with van der Waals surface area (Å²) in [7, 11) is 1.49. The third-order valence-corrected chi connectivity index (χ3v) is 7.15. The van der Waals surface area contributed by atoms with Crippen LogP contribution in [-0.2, 0) is 0 Å². The summed E-state index contributed by atoms with van der Waals surface area (Å²) < 4.78 is 11.0. The Kier molecular flexibility index (Phi) is 9.24. The Morgan fingerprint density at radius 1 is 0.667 bits per heavy atom. The first-order valence-corrected chi connectivity index (χ1v) is 14.3. The van der Waals surface area contributed by atoms with Crippen LogP contribution in [0.5, 0.6) is 17.2 Å². The van der Waals surface area contributed by atoms with Crippen LogP contribution >= 0.6 is 0 Å². The first-order chi connectivity index (χ1) is 21.7. The van der Waals surface area contributed by atoms with Gasteiger partial charge in [0.2, 0.25) is 0 Å². The van der Waals surface area contributed by atoms with Crippen molar-refractivity contribution < 1.29 is 29.0 Å². The Balaban J connectivity index is 1.27. The van der Waals surface area contributed by atoms with E-state index in [0.717, 1.165) is 16.7 Å². The summed E-state index contributed by atoms with van der Waals surface area (Å²) in [6.45, 7) is 4.12. The zero-order valence-corrected chi connectivity index (χ0v) is 25.0. The number of rotatable bonds is 9. The number of phenolic OH excluding ortho intramolecular Hbond substituents is 1. The lowest BCUT2D eigenvalue weighted by Gasteiger charge is -2.13. The monoisotopic (exact) mass is 600 g/mol. The van der Waals surface area contributed by atoms with Gasteiger partial charge in [0.25, 0.3) is 11.8 Å². The van der Waals surface area contributed by atoms with Gasteiger partial charge in [0, 0.05) is 16.8 Å². The highest BCUT2D eigenvalue weighted by Gasteiger charge is 2.16. The van der Waals surface area contributed by atoms with E-state index in [1.165, 1.54) is 13.2 Å². The lowest BCUT2D eigenvalue weighted by atomic mass is 10.0. The zero-order chi connectivity index (χ0) is 31.9. The van der Waals surface area contributed by atoms with E-state index in [0.29, 0.717) is 28.4 Å². The van der Waals surface area contributed by atoms with E-state index < -0.39 is 11.9 Å².